The fourth-order valence-electron chi connectivity index (χ4n) is 2.29. The summed E-state index contributed by atoms with van der Waals surface area (Å²) >= 11 is 3.22. The summed E-state index contributed by atoms with van der Waals surface area (Å²) in [5.74, 6) is 0.0387. The van der Waals surface area contributed by atoms with Crippen molar-refractivity contribution < 1.29 is 42.5 Å². The van der Waals surface area contributed by atoms with E-state index in [1.54, 1.807) is 35.6 Å². The van der Waals surface area contributed by atoms with E-state index in [-0.39, 0.29) is 29.6 Å². The average Bonchev–Trinajstić information content (AvgIpc) is 3.14. The van der Waals surface area contributed by atoms with Gasteiger partial charge in [-0.2, -0.15) is 0 Å². The molecule has 11 heteroatoms. The Kier molecular flexibility index (Phi) is 8.56. The van der Waals surface area contributed by atoms with Crippen LogP contribution >= 0.6 is 22.7 Å². The van der Waals surface area contributed by atoms with Gasteiger partial charge in [0.1, 0.15) is 20.8 Å². The first-order chi connectivity index (χ1) is 12.8. The molecule has 3 aromatic rings. The molecule has 7 nitrogen and oxygen atoms in total. The molecule has 1 aromatic carbocycles. The van der Waals surface area contributed by atoms with Gasteiger partial charge in [0.25, 0.3) is 0 Å². The second-order valence-corrected chi connectivity index (χ2v) is 9.97. The molecule has 0 bridgehead atoms. The van der Waals surface area contributed by atoms with E-state index in [4.69, 9.17) is 0 Å². The number of fused-ring (bicyclic) bond motifs is 1. The number of azo groups is 1. The Morgan fingerprint density at radius 3 is 2.50 bits per heavy atom. The SMILES string of the molecule is CC(C)CCc1cc2sc(N=Nc3ccc(NCS(=O)(=O)[O-])cc3)nc2s1.[Na+]. The first-order valence-electron chi connectivity index (χ1n) is 8.37. The predicted molar refractivity (Wildman–Crippen MR) is 109 cm³/mol. The first-order valence-corrected chi connectivity index (χ1v) is 11.6. The molecular weight excluding hydrogens is 427 g/mol. The maximum atomic E-state index is 10.6. The molecule has 2 heterocycles. The number of rotatable bonds is 8. The van der Waals surface area contributed by atoms with Crippen LogP contribution in [-0.4, -0.2) is 23.8 Å². The van der Waals surface area contributed by atoms with E-state index in [0.29, 0.717) is 22.4 Å². The minimum atomic E-state index is -4.31. The van der Waals surface area contributed by atoms with Crippen molar-refractivity contribution in [3.8, 4) is 0 Å². The third-order valence-corrected chi connectivity index (χ3v) is 6.27. The Hall–Kier alpha value is -0.880. The summed E-state index contributed by atoms with van der Waals surface area (Å²) in [6.07, 6.45) is 2.25. The minimum absolute atomic E-state index is 0. The molecule has 2 aromatic heterocycles. The molecule has 0 spiro atoms. The van der Waals surface area contributed by atoms with Gasteiger partial charge >= 0.3 is 29.6 Å². The molecule has 0 amide bonds. The molecule has 0 saturated heterocycles. The number of thiazole rings is 1. The van der Waals surface area contributed by atoms with Gasteiger partial charge in [0.05, 0.1) is 10.4 Å². The van der Waals surface area contributed by atoms with Crippen LogP contribution in [0.1, 0.15) is 25.1 Å². The molecule has 0 aliphatic heterocycles. The summed E-state index contributed by atoms with van der Waals surface area (Å²) in [4.78, 5) is 6.86. The van der Waals surface area contributed by atoms with Crippen LogP contribution in [0.5, 0.6) is 0 Å². The fourth-order valence-corrected chi connectivity index (χ4v) is 4.70. The number of nitrogens with zero attached hydrogens (tertiary/aromatic N) is 3. The van der Waals surface area contributed by atoms with E-state index in [2.05, 4.69) is 40.4 Å². The van der Waals surface area contributed by atoms with Gasteiger partial charge in [-0.25, -0.2) is 13.4 Å². The summed E-state index contributed by atoms with van der Waals surface area (Å²) in [6.45, 7) is 4.45. The van der Waals surface area contributed by atoms with Crippen molar-refractivity contribution >= 4 is 58.8 Å². The molecule has 0 radical (unpaired) electrons. The van der Waals surface area contributed by atoms with E-state index in [1.807, 2.05) is 0 Å². The van der Waals surface area contributed by atoms with Crippen LogP contribution in [0.15, 0.2) is 40.6 Å². The van der Waals surface area contributed by atoms with Gasteiger partial charge in [0.15, 0.2) is 0 Å². The number of hydrogen-bond donors (Lipinski definition) is 1. The molecule has 28 heavy (non-hydrogen) atoms. The van der Waals surface area contributed by atoms with Crippen LogP contribution in [0.25, 0.3) is 9.53 Å². The second-order valence-electron chi connectivity index (χ2n) is 6.44. The van der Waals surface area contributed by atoms with Gasteiger partial charge in [-0.15, -0.1) is 21.6 Å². The summed E-state index contributed by atoms with van der Waals surface area (Å²) in [7, 11) is -4.31. The molecule has 0 unspecified atom stereocenters. The predicted octanol–water partition coefficient (Wildman–Crippen LogP) is 2.28. The zero-order valence-electron chi connectivity index (χ0n) is 15.9. The first kappa shape index (κ1) is 23.4. The van der Waals surface area contributed by atoms with Crippen LogP contribution in [-0.2, 0) is 16.5 Å². The number of aryl methyl sites for hydroxylation is 1. The van der Waals surface area contributed by atoms with E-state index in [9.17, 15) is 13.0 Å². The second kappa shape index (κ2) is 10.2. The quantitative estimate of drug-likeness (QED) is 0.325. The smallest absolute Gasteiger partial charge is 0.747 e. The van der Waals surface area contributed by atoms with Gasteiger partial charge in [-0.1, -0.05) is 25.2 Å². The summed E-state index contributed by atoms with van der Waals surface area (Å²) in [5, 5.41) is 11.5. The van der Waals surface area contributed by atoms with Gasteiger partial charge < -0.3 is 9.87 Å². The fraction of sp³-hybridized carbons (Fsp3) is 0.353. The third-order valence-electron chi connectivity index (χ3n) is 3.67. The maximum absolute atomic E-state index is 10.6. The minimum Gasteiger partial charge on any atom is -0.747 e. The Morgan fingerprint density at radius 1 is 1.18 bits per heavy atom. The molecule has 1 N–H and O–H groups in total. The standard InChI is InChI=1S/C17H20N4O3S3.Na/c1-11(2)3-8-14-9-15-16(25-14)19-17(26-15)21-20-13-6-4-12(5-7-13)18-10-27(22,23)24;/h4-7,9,11,18H,3,8,10H2,1-2H3,(H,22,23,24);/q;+1/p-1. The number of anilines is 1. The molecule has 144 valence electrons. The van der Waals surface area contributed by atoms with Crippen LogP contribution in [0.3, 0.4) is 0 Å². The molecule has 0 aliphatic rings. The zero-order valence-corrected chi connectivity index (χ0v) is 20.3. The van der Waals surface area contributed by atoms with Crippen LogP contribution in [0.2, 0.25) is 0 Å². The van der Waals surface area contributed by atoms with Gasteiger partial charge in [-0.3, -0.25) is 0 Å². The van der Waals surface area contributed by atoms with Gasteiger partial charge in [0, 0.05) is 10.6 Å². The van der Waals surface area contributed by atoms with Crippen molar-refractivity contribution in [1.82, 2.24) is 4.98 Å². The Labute approximate surface area is 194 Å². The van der Waals surface area contributed by atoms with E-state index >= 15 is 0 Å². The van der Waals surface area contributed by atoms with Crippen molar-refractivity contribution in [3.05, 3.63) is 35.2 Å². The Bertz CT molecular complexity index is 1010. The van der Waals surface area contributed by atoms with Gasteiger partial charge in [0.2, 0.25) is 5.13 Å². The van der Waals surface area contributed by atoms with Crippen molar-refractivity contribution in [2.24, 2.45) is 16.1 Å². The van der Waals surface area contributed by atoms with Crippen molar-refractivity contribution in [1.29, 1.82) is 0 Å². The van der Waals surface area contributed by atoms with Crippen LogP contribution < -0.4 is 34.9 Å². The number of aromatic nitrogens is 1. The molecule has 0 saturated carbocycles. The largest absolute Gasteiger partial charge is 1.00 e. The normalized spacial score (nSPS) is 12.0. The van der Waals surface area contributed by atoms with E-state index in [0.717, 1.165) is 16.0 Å². The van der Waals surface area contributed by atoms with Gasteiger partial charge in [-0.05, 0) is 49.1 Å². The zero-order chi connectivity index (χ0) is 19.4. The number of hydrogen-bond acceptors (Lipinski definition) is 9. The summed E-state index contributed by atoms with van der Waals surface area (Å²) in [6, 6.07) is 8.83. The average molecular weight is 447 g/mol. The molecule has 0 fully saturated rings. The number of nitrogens with one attached hydrogen (secondary N) is 1. The maximum Gasteiger partial charge on any atom is 1.00 e. The summed E-state index contributed by atoms with van der Waals surface area (Å²) < 4.78 is 33.0. The molecule has 0 aliphatic carbocycles. The van der Waals surface area contributed by atoms with Crippen molar-refractivity contribution in [2.75, 3.05) is 11.2 Å². The molecule has 3 rings (SSSR count). The summed E-state index contributed by atoms with van der Waals surface area (Å²) in [5.41, 5.74) is 1.14. The van der Waals surface area contributed by atoms with Crippen LogP contribution in [0, 0.1) is 5.92 Å². The number of thiophene rings is 1. The van der Waals surface area contributed by atoms with E-state index < -0.39 is 16.0 Å². The topological polar surface area (TPSA) is 107 Å². The number of benzene rings is 1. The monoisotopic (exact) mass is 446 g/mol. The Balaban J connectivity index is 0.00000280. The van der Waals surface area contributed by atoms with Crippen molar-refractivity contribution in [2.45, 2.75) is 26.7 Å². The third kappa shape index (κ3) is 7.18. The molecule has 0 atom stereocenters. The van der Waals surface area contributed by atoms with Crippen LogP contribution in [0.4, 0.5) is 16.5 Å². The molecular formula is C17H19N4NaO3S3. The Morgan fingerprint density at radius 2 is 1.89 bits per heavy atom. The van der Waals surface area contributed by atoms with E-state index in [1.165, 1.54) is 22.6 Å². The van der Waals surface area contributed by atoms with Crippen molar-refractivity contribution in [3.63, 3.8) is 0 Å².